The number of carbonyl (C=O) groups is 1. The van der Waals surface area contributed by atoms with Crippen molar-refractivity contribution in [3.63, 3.8) is 0 Å². The molecular formula is C13H17BrN2O. The third-order valence-corrected chi connectivity index (χ3v) is 4.04. The number of halogens is 1. The summed E-state index contributed by atoms with van der Waals surface area (Å²) in [4.78, 5) is 12.0. The van der Waals surface area contributed by atoms with Crippen LogP contribution in [-0.2, 0) is 11.3 Å². The Kier molecular flexibility index (Phi) is 4.18. The van der Waals surface area contributed by atoms with Gasteiger partial charge in [0.1, 0.15) is 0 Å². The van der Waals surface area contributed by atoms with Crippen LogP contribution in [0.3, 0.4) is 0 Å². The van der Waals surface area contributed by atoms with Crippen LogP contribution in [-0.4, -0.2) is 19.0 Å². The van der Waals surface area contributed by atoms with Crippen molar-refractivity contribution in [1.82, 2.24) is 10.6 Å². The van der Waals surface area contributed by atoms with Gasteiger partial charge in [-0.25, -0.2) is 0 Å². The monoisotopic (exact) mass is 296 g/mol. The zero-order valence-corrected chi connectivity index (χ0v) is 11.5. The fourth-order valence-corrected chi connectivity index (χ4v) is 2.54. The SMILES string of the molecule is CC1CNCC1C(=O)NCc1ccccc1Br. The molecule has 1 aliphatic rings. The van der Waals surface area contributed by atoms with Crippen molar-refractivity contribution in [3.8, 4) is 0 Å². The maximum absolute atomic E-state index is 12.0. The maximum atomic E-state index is 12.0. The molecule has 0 aromatic heterocycles. The molecule has 1 heterocycles. The van der Waals surface area contributed by atoms with Gasteiger partial charge in [-0.05, 0) is 24.1 Å². The zero-order chi connectivity index (χ0) is 12.3. The summed E-state index contributed by atoms with van der Waals surface area (Å²) < 4.78 is 1.04. The van der Waals surface area contributed by atoms with Crippen LogP contribution in [0.15, 0.2) is 28.7 Å². The van der Waals surface area contributed by atoms with Crippen LogP contribution >= 0.6 is 15.9 Å². The van der Waals surface area contributed by atoms with Gasteiger partial charge in [0.25, 0.3) is 0 Å². The maximum Gasteiger partial charge on any atom is 0.224 e. The smallest absolute Gasteiger partial charge is 0.224 e. The fourth-order valence-electron chi connectivity index (χ4n) is 2.12. The average Bonchev–Trinajstić information content (AvgIpc) is 2.74. The van der Waals surface area contributed by atoms with Crippen LogP contribution in [0, 0.1) is 11.8 Å². The number of nitrogens with one attached hydrogen (secondary N) is 2. The van der Waals surface area contributed by atoms with Crippen LogP contribution in [0.5, 0.6) is 0 Å². The molecule has 0 radical (unpaired) electrons. The summed E-state index contributed by atoms with van der Waals surface area (Å²) in [5, 5.41) is 6.25. The first-order valence-corrected chi connectivity index (χ1v) is 6.69. The highest BCUT2D eigenvalue weighted by Crippen LogP contribution is 2.18. The van der Waals surface area contributed by atoms with Gasteiger partial charge in [-0.3, -0.25) is 4.79 Å². The molecule has 3 nitrogen and oxygen atoms in total. The predicted octanol–water partition coefficient (Wildman–Crippen LogP) is 1.92. The van der Waals surface area contributed by atoms with E-state index in [1.54, 1.807) is 0 Å². The van der Waals surface area contributed by atoms with Crippen LogP contribution in [0.4, 0.5) is 0 Å². The van der Waals surface area contributed by atoms with Gasteiger partial charge in [0.05, 0.1) is 5.92 Å². The fraction of sp³-hybridized carbons (Fsp3) is 0.462. The Morgan fingerprint density at radius 1 is 1.47 bits per heavy atom. The molecule has 4 heteroatoms. The van der Waals surface area contributed by atoms with Gasteiger partial charge in [0.2, 0.25) is 5.91 Å². The predicted molar refractivity (Wildman–Crippen MR) is 71.5 cm³/mol. The van der Waals surface area contributed by atoms with Gasteiger partial charge in [0, 0.05) is 17.6 Å². The van der Waals surface area contributed by atoms with E-state index in [1.165, 1.54) is 0 Å². The highest BCUT2D eigenvalue weighted by molar-refractivity contribution is 9.10. The second-order valence-electron chi connectivity index (χ2n) is 4.55. The van der Waals surface area contributed by atoms with E-state index in [0.29, 0.717) is 12.5 Å². The minimum absolute atomic E-state index is 0.109. The quantitative estimate of drug-likeness (QED) is 0.895. The molecule has 2 N–H and O–H groups in total. The number of rotatable bonds is 3. The molecule has 0 aliphatic carbocycles. The van der Waals surface area contributed by atoms with Gasteiger partial charge in [-0.15, -0.1) is 0 Å². The first-order valence-electron chi connectivity index (χ1n) is 5.90. The molecule has 2 rings (SSSR count). The molecule has 1 fully saturated rings. The molecular weight excluding hydrogens is 280 g/mol. The lowest BCUT2D eigenvalue weighted by molar-refractivity contribution is -0.125. The van der Waals surface area contributed by atoms with E-state index in [4.69, 9.17) is 0 Å². The van der Waals surface area contributed by atoms with Crippen molar-refractivity contribution >= 4 is 21.8 Å². The first kappa shape index (κ1) is 12.6. The summed E-state index contributed by atoms with van der Waals surface area (Å²) in [5.74, 6) is 0.685. The molecule has 1 aromatic carbocycles. The Balaban J connectivity index is 1.90. The van der Waals surface area contributed by atoms with E-state index in [9.17, 15) is 4.79 Å². The highest BCUT2D eigenvalue weighted by atomic mass is 79.9. The van der Waals surface area contributed by atoms with Crippen molar-refractivity contribution in [3.05, 3.63) is 34.3 Å². The lowest BCUT2D eigenvalue weighted by Gasteiger charge is -2.14. The molecule has 0 saturated carbocycles. The first-order chi connectivity index (χ1) is 8.18. The summed E-state index contributed by atoms with van der Waals surface area (Å²) in [7, 11) is 0. The normalized spacial score (nSPS) is 23.6. The van der Waals surface area contributed by atoms with E-state index in [1.807, 2.05) is 24.3 Å². The van der Waals surface area contributed by atoms with E-state index < -0.39 is 0 Å². The largest absolute Gasteiger partial charge is 0.352 e. The second kappa shape index (κ2) is 5.65. The van der Waals surface area contributed by atoms with Crippen LogP contribution in [0.2, 0.25) is 0 Å². The van der Waals surface area contributed by atoms with Gasteiger partial charge < -0.3 is 10.6 Å². The standard InChI is InChI=1S/C13H17BrN2O/c1-9-6-15-8-11(9)13(17)16-7-10-4-2-3-5-12(10)14/h2-5,9,11,15H,6-8H2,1H3,(H,16,17). The van der Waals surface area contributed by atoms with E-state index in [-0.39, 0.29) is 11.8 Å². The number of benzene rings is 1. The highest BCUT2D eigenvalue weighted by Gasteiger charge is 2.29. The Hall–Kier alpha value is -0.870. The van der Waals surface area contributed by atoms with Gasteiger partial charge in [0.15, 0.2) is 0 Å². The Bertz CT molecular complexity index is 408. The Labute approximate surface area is 110 Å². The van der Waals surface area contributed by atoms with E-state index >= 15 is 0 Å². The summed E-state index contributed by atoms with van der Waals surface area (Å²) in [6.07, 6.45) is 0. The van der Waals surface area contributed by atoms with Crippen LogP contribution in [0.25, 0.3) is 0 Å². The summed E-state index contributed by atoms with van der Waals surface area (Å²) in [6.45, 7) is 4.43. The van der Waals surface area contributed by atoms with Gasteiger partial charge >= 0.3 is 0 Å². The van der Waals surface area contributed by atoms with Crippen molar-refractivity contribution < 1.29 is 4.79 Å². The lowest BCUT2D eigenvalue weighted by atomic mass is 9.97. The molecule has 2 unspecified atom stereocenters. The average molecular weight is 297 g/mol. The van der Waals surface area contributed by atoms with Crippen LogP contribution in [0.1, 0.15) is 12.5 Å². The molecule has 92 valence electrons. The topological polar surface area (TPSA) is 41.1 Å². The van der Waals surface area contributed by atoms with Gasteiger partial charge in [-0.1, -0.05) is 41.1 Å². The van der Waals surface area contributed by atoms with E-state index in [2.05, 4.69) is 33.5 Å². The third-order valence-electron chi connectivity index (χ3n) is 3.27. The van der Waals surface area contributed by atoms with E-state index in [0.717, 1.165) is 23.1 Å². The van der Waals surface area contributed by atoms with Crippen LogP contribution < -0.4 is 10.6 Å². The van der Waals surface area contributed by atoms with Crippen molar-refractivity contribution in [1.29, 1.82) is 0 Å². The zero-order valence-electron chi connectivity index (χ0n) is 9.87. The number of amides is 1. The van der Waals surface area contributed by atoms with Gasteiger partial charge in [-0.2, -0.15) is 0 Å². The Morgan fingerprint density at radius 3 is 2.88 bits per heavy atom. The molecule has 1 saturated heterocycles. The minimum atomic E-state index is 0.109. The molecule has 1 amide bonds. The number of carbonyl (C=O) groups excluding carboxylic acids is 1. The second-order valence-corrected chi connectivity index (χ2v) is 5.41. The minimum Gasteiger partial charge on any atom is -0.352 e. The molecule has 17 heavy (non-hydrogen) atoms. The lowest BCUT2D eigenvalue weighted by Crippen LogP contribution is -2.33. The number of hydrogen-bond donors (Lipinski definition) is 2. The summed E-state index contributed by atoms with van der Waals surface area (Å²) in [6, 6.07) is 7.95. The van der Waals surface area contributed by atoms with Crippen molar-refractivity contribution in [2.45, 2.75) is 13.5 Å². The summed E-state index contributed by atoms with van der Waals surface area (Å²) >= 11 is 3.48. The van der Waals surface area contributed by atoms with Crippen molar-refractivity contribution in [2.75, 3.05) is 13.1 Å². The molecule has 2 atom stereocenters. The summed E-state index contributed by atoms with van der Waals surface area (Å²) in [5.41, 5.74) is 1.11. The number of hydrogen-bond acceptors (Lipinski definition) is 2. The molecule has 0 bridgehead atoms. The Morgan fingerprint density at radius 2 is 2.24 bits per heavy atom. The third kappa shape index (κ3) is 3.07. The van der Waals surface area contributed by atoms with Crippen molar-refractivity contribution in [2.24, 2.45) is 11.8 Å². The molecule has 0 spiro atoms. The molecule has 1 aliphatic heterocycles. The molecule has 1 aromatic rings.